The average molecular weight is 415 g/mol. The smallest absolute Gasteiger partial charge is 0.0964 e. The Balaban J connectivity index is 1.69. The van der Waals surface area contributed by atoms with Crippen molar-refractivity contribution in [3.8, 4) is 0 Å². The molecule has 166 valence electrons. The largest absolute Gasteiger partial charge is 0.390 e. The second-order valence-electron chi connectivity index (χ2n) is 8.74. The normalized spacial score (nSPS) is 17.7. The molecule has 1 unspecified atom stereocenters. The number of rotatable bonds is 10. The fraction of sp³-hybridized carbons (Fsp3) is 0.652. The Bertz CT molecular complexity index is 807. The standard InChI is InChI=1S/C23H38N6O/c1-6-26(3)13-18(2)28(5)17-29-16-25-20(22(29)15-30)14-27(4)21-11-7-9-19-10-8-12-24-23(19)21/h8,10,12,16,18,21,30H,6-7,9,11,13-15,17H2,1-5H3/t18?,21-/m0/s1. The Kier molecular flexibility index (Phi) is 7.99. The first-order valence-corrected chi connectivity index (χ1v) is 11.1. The second kappa shape index (κ2) is 10.5. The molecule has 7 heteroatoms. The summed E-state index contributed by atoms with van der Waals surface area (Å²) in [6.07, 6.45) is 7.17. The number of hydrogen-bond acceptors (Lipinski definition) is 6. The monoisotopic (exact) mass is 414 g/mol. The minimum absolute atomic E-state index is 0.000237. The molecule has 2 heterocycles. The van der Waals surface area contributed by atoms with E-state index in [9.17, 15) is 5.11 Å². The number of nitrogens with zero attached hydrogens (tertiary/aromatic N) is 6. The number of aliphatic hydroxyl groups is 1. The highest BCUT2D eigenvalue weighted by Crippen LogP contribution is 2.32. The molecule has 30 heavy (non-hydrogen) atoms. The molecule has 1 aliphatic carbocycles. The van der Waals surface area contributed by atoms with Crippen LogP contribution in [-0.2, 0) is 26.2 Å². The third-order valence-corrected chi connectivity index (χ3v) is 6.52. The topological polar surface area (TPSA) is 60.7 Å². The molecule has 0 aromatic carbocycles. The zero-order chi connectivity index (χ0) is 21.7. The van der Waals surface area contributed by atoms with Crippen LogP contribution in [-0.4, -0.2) is 74.6 Å². The van der Waals surface area contributed by atoms with Crippen LogP contribution in [0.15, 0.2) is 24.7 Å². The molecule has 2 aromatic heterocycles. The number of pyridine rings is 1. The van der Waals surface area contributed by atoms with Crippen molar-refractivity contribution in [2.24, 2.45) is 0 Å². The predicted molar refractivity (Wildman–Crippen MR) is 120 cm³/mol. The third-order valence-electron chi connectivity index (χ3n) is 6.52. The van der Waals surface area contributed by atoms with Gasteiger partial charge in [0.1, 0.15) is 0 Å². The van der Waals surface area contributed by atoms with Gasteiger partial charge in [-0.15, -0.1) is 0 Å². The number of aliphatic hydroxyl groups excluding tert-OH is 1. The molecule has 0 fully saturated rings. The quantitative estimate of drug-likeness (QED) is 0.645. The van der Waals surface area contributed by atoms with Crippen molar-refractivity contribution in [2.75, 3.05) is 34.2 Å². The van der Waals surface area contributed by atoms with Crippen molar-refractivity contribution in [1.82, 2.24) is 29.2 Å². The molecule has 0 amide bonds. The van der Waals surface area contributed by atoms with E-state index in [1.165, 1.54) is 17.7 Å². The molecule has 7 nitrogen and oxygen atoms in total. The molecule has 0 saturated carbocycles. The van der Waals surface area contributed by atoms with E-state index in [1.807, 2.05) is 18.6 Å². The lowest BCUT2D eigenvalue weighted by Crippen LogP contribution is -2.39. The summed E-state index contributed by atoms with van der Waals surface area (Å²) in [4.78, 5) is 16.3. The minimum atomic E-state index is -0.000237. The van der Waals surface area contributed by atoms with Gasteiger partial charge in [0.15, 0.2) is 0 Å². The average Bonchev–Trinajstić information content (AvgIpc) is 3.13. The van der Waals surface area contributed by atoms with E-state index in [1.54, 1.807) is 0 Å². The molecular formula is C23H38N6O. The van der Waals surface area contributed by atoms with Crippen molar-refractivity contribution in [3.63, 3.8) is 0 Å². The zero-order valence-electron chi connectivity index (χ0n) is 19.3. The Morgan fingerprint density at radius 2 is 2.07 bits per heavy atom. The van der Waals surface area contributed by atoms with Crippen molar-refractivity contribution in [3.05, 3.63) is 47.3 Å². The molecule has 1 N–H and O–H groups in total. The van der Waals surface area contributed by atoms with Crippen molar-refractivity contribution >= 4 is 0 Å². The summed E-state index contributed by atoms with van der Waals surface area (Å²) in [6, 6.07) is 4.95. The maximum Gasteiger partial charge on any atom is 0.0964 e. The van der Waals surface area contributed by atoms with Gasteiger partial charge in [0.2, 0.25) is 0 Å². The second-order valence-corrected chi connectivity index (χ2v) is 8.74. The van der Waals surface area contributed by atoms with E-state index in [2.05, 4.69) is 70.3 Å². The van der Waals surface area contributed by atoms with E-state index in [0.717, 1.165) is 44.0 Å². The summed E-state index contributed by atoms with van der Waals surface area (Å²) in [5.74, 6) is 0. The lowest BCUT2D eigenvalue weighted by atomic mass is 9.91. The molecule has 0 radical (unpaired) electrons. The summed E-state index contributed by atoms with van der Waals surface area (Å²) >= 11 is 0. The fourth-order valence-corrected chi connectivity index (χ4v) is 4.35. The van der Waals surface area contributed by atoms with Gasteiger partial charge in [0, 0.05) is 25.3 Å². The number of aromatic nitrogens is 3. The highest BCUT2D eigenvalue weighted by molar-refractivity contribution is 5.26. The maximum absolute atomic E-state index is 10.1. The van der Waals surface area contributed by atoms with Crippen LogP contribution in [0.5, 0.6) is 0 Å². The van der Waals surface area contributed by atoms with Crippen LogP contribution in [0.3, 0.4) is 0 Å². The summed E-state index contributed by atoms with van der Waals surface area (Å²) in [7, 11) is 6.42. The van der Waals surface area contributed by atoms with E-state index >= 15 is 0 Å². The molecule has 0 saturated heterocycles. The van der Waals surface area contributed by atoms with Gasteiger partial charge in [-0.1, -0.05) is 13.0 Å². The summed E-state index contributed by atoms with van der Waals surface area (Å²) < 4.78 is 2.08. The highest BCUT2D eigenvalue weighted by Gasteiger charge is 2.26. The number of likely N-dealkylation sites (N-methyl/N-ethyl adjacent to an activating group) is 2. The molecule has 2 atom stereocenters. The molecule has 1 aliphatic rings. The van der Waals surface area contributed by atoms with Gasteiger partial charge in [-0.25, -0.2) is 4.98 Å². The summed E-state index contributed by atoms with van der Waals surface area (Å²) in [6.45, 7) is 7.90. The zero-order valence-corrected chi connectivity index (χ0v) is 19.3. The van der Waals surface area contributed by atoms with Crippen LogP contribution in [0.25, 0.3) is 0 Å². The lowest BCUT2D eigenvalue weighted by molar-refractivity contribution is 0.156. The van der Waals surface area contributed by atoms with Gasteiger partial charge >= 0.3 is 0 Å². The minimum Gasteiger partial charge on any atom is -0.390 e. The maximum atomic E-state index is 10.1. The number of fused-ring (bicyclic) bond motifs is 1. The Morgan fingerprint density at radius 1 is 1.27 bits per heavy atom. The van der Waals surface area contributed by atoms with Crippen LogP contribution in [0.2, 0.25) is 0 Å². The highest BCUT2D eigenvalue weighted by atomic mass is 16.3. The van der Waals surface area contributed by atoms with Gasteiger partial charge in [-0.3, -0.25) is 14.8 Å². The molecule has 3 rings (SSSR count). The Morgan fingerprint density at radius 3 is 2.80 bits per heavy atom. The van der Waals surface area contributed by atoms with Crippen molar-refractivity contribution in [2.45, 2.75) is 65.0 Å². The van der Waals surface area contributed by atoms with Gasteiger partial charge in [-0.05, 0) is 65.5 Å². The summed E-state index contributed by atoms with van der Waals surface area (Å²) in [5, 5.41) is 10.1. The molecule has 0 aliphatic heterocycles. The van der Waals surface area contributed by atoms with Crippen LogP contribution in [0, 0.1) is 0 Å². The first-order chi connectivity index (χ1) is 14.4. The SMILES string of the molecule is CCN(C)CC(C)N(C)Cn1cnc(CN(C)[C@H]2CCCc3cccnc32)c1CO. The first kappa shape index (κ1) is 22.9. The van der Waals surface area contributed by atoms with Crippen LogP contribution >= 0.6 is 0 Å². The lowest BCUT2D eigenvalue weighted by Gasteiger charge is -2.32. The molecule has 0 spiro atoms. The Hall–Kier alpha value is -1.80. The van der Waals surface area contributed by atoms with Crippen LogP contribution in [0.1, 0.15) is 55.4 Å². The first-order valence-electron chi connectivity index (χ1n) is 11.1. The Labute approximate surface area is 181 Å². The molecule has 2 aromatic rings. The molecular weight excluding hydrogens is 376 g/mol. The van der Waals surface area contributed by atoms with E-state index in [-0.39, 0.29) is 6.61 Å². The fourth-order valence-electron chi connectivity index (χ4n) is 4.35. The van der Waals surface area contributed by atoms with Crippen molar-refractivity contribution < 1.29 is 5.11 Å². The van der Waals surface area contributed by atoms with Gasteiger partial charge in [-0.2, -0.15) is 0 Å². The van der Waals surface area contributed by atoms with Crippen LogP contribution < -0.4 is 0 Å². The van der Waals surface area contributed by atoms with E-state index < -0.39 is 0 Å². The van der Waals surface area contributed by atoms with Crippen LogP contribution in [0.4, 0.5) is 0 Å². The predicted octanol–water partition coefficient (Wildman–Crippen LogP) is 2.51. The summed E-state index contributed by atoms with van der Waals surface area (Å²) in [5.41, 5.74) is 4.42. The third kappa shape index (κ3) is 5.27. The number of hydrogen-bond donors (Lipinski definition) is 1. The van der Waals surface area contributed by atoms with E-state index in [0.29, 0.717) is 18.6 Å². The van der Waals surface area contributed by atoms with Crippen molar-refractivity contribution in [1.29, 1.82) is 0 Å². The number of aryl methyl sites for hydroxylation is 1. The van der Waals surface area contributed by atoms with E-state index in [4.69, 9.17) is 0 Å². The number of imidazole rings is 1. The van der Waals surface area contributed by atoms with Gasteiger partial charge < -0.3 is 14.6 Å². The molecule has 0 bridgehead atoms. The van der Waals surface area contributed by atoms with Gasteiger partial charge in [0.05, 0.1) is 42.7 Å². The van der Waals surface area contributed by atoms with Gasteiger partial charge in [0.25, 0.3) is 0 Å².